The standard InChI is InChI=1S/C29H32O5/c1-3-6-25(20-28(30)31-4-2)23-9-11-27(12-10-23)32-21-22-7-5-8-26(19-22)24-13-15-29(16-14-24)33-17-18-34-29/h5,7-13,19,25H,4,14-18,20-21H2,1-2H3/t25-/m1/s1. The highest BCUT2D eigenvalue weighted by Gasteiger charge is 2.37. The lowest BCUT2D eigenvalue weighted by Crippen LogP contribution is -2.31. The molecule has 1 fully saturated rings. The van der Waals surface area contributed by atoms with Crippen molar-refractivity contribution in [2.45, 2.75) is 57.8 Å². The number of carbonyl (C=O) groups is 1. The summed E-state index contributed by atoms with van der Waals surface area (Å²) in [5.74, 6) is 5.99. The summed E-state index contributed by atoms with van der Waals surface area (Å²) in [7, 11) is 0. The summed E-state index contributed by atoms with van der Waals surface area (Å²) in [5, 5.41) is 0. The van der Waals surface area contributed by atoms with Crippen molar-refractivity contribution >= 4 is 11.5 Å². The van der Waals surface area contributed by atoms with E-state index in [9.17, 15) is 4.79 Å². The van der Waals surface area contributed by atoms with Gasteiger partial charge in [-0.1, -0.05) is 42.3 Å². The van der Waals surface area contributed by atoms with Gasteiger partial charge in [0.15, 0.2) is 5.79 Å². The van der Waals surface area contributed by atoms with Crippen LogP contribution in [0.1, 0.15) is 62.1 Å². The fourth-order valence-electron chi connectivity index (χ4n) is 4.47. The molecule has 0 amide bonds. The molecule has 1 aliphatic heterocycles. The second-order valence-corrected chi connectivity index (χ2v) is 8.56. The van der Waals surface area contributed by atoms with Gasteiger partial charge in [-0.25, -0.2) is 0 Å². The van der Waals surface area contributed by atoms with Crippen LogP contribution in [0.5, 0.6) is 5.75 Å². The second kappa shape index (κ2) is 11.4. The maximum atomic E-state index is 11.9. The van der Waals surface area contributed by atoms with Gasteiger partial charge in [0.1, 0.15) is 12.4 Å². The van der Waals surface area contributed by atoms with Gasteiger partial charge in [0.05, 0.1) is 32.2 Å². The van der Waals surface area contributed by atoms with Crippen LogP contribution >= 0.6 is 0 Å². The van der Waals surface area contributed by atoms with E-state index in [0.29, 0.717) is 26.4 Å². The summed E-state index contributed by atoms with van der Waals surface area (Å²) in [6.45, 7) is 5.82. The summed E-state index contributed by atoms with van der Waals surface area (Å²) in [6.07, 6.45) is 5.14. The summed E-state index contributed by atoms with van der Waals surface area (Å²) in [6, 6.07) is 16.3. The van der Waals surface area contributed by atoms with E-state index in [1.807, 2.05) is 31.2 Å². The van der Waals surface area contributed by atoms with Crippen molar-refractivity contribution in [2.24, 2.45) is 0 Å². The van der Waals surface area contributed by atoms with Gasteiger partial charge >= 0.3 is 5.97 Å². The van der Waals surface area contributed by atoms with E-state index in [1.54, 1.807) is 6.92 Å². The zero-order valence-electron chi connectivity index (χ0n) is 20.0. The third kappa shape index (κ3) is 6.08. The topological polar surface area (TPSA) is 54.0 Å². The molecule has 0 N–H and O–H groups in total. The molecular weight excluding hydrogens is 428 g/mol. The Kier molecular flexibility index (Phi) is 8.05. The first-order valence-electron chi connectivity index (χ1n) is 12.0. The molecule has 0 unspecified atom stereocenters. The SMILES string of the molecule is CC#C[C@H](CC(=O)OCC)c1ccc(OCc2cccc(C3=CCC4(CC3)OCCO4)c2)cc1. The average Bonchev–Trinajstić information content (AvgIpc) is 3.31. The van der Waals surface area contributed by atoms with Gasteiger partial charge in [0.25, 0.3) is 0 Å². The Labute approximate surface area is 202 Å². The molecule has 1 saturated heterocycles. The van der Waals surface area contributed by atoms with E-state index in [-0.39, 0.29) is 18.3 Å². The van der Waals surface area contributed by atoms with Gasteiger partial charge in [0.2, 0.25) is 0 Å². The number of hydrogen-bond donors (Lipinski definition) is 0. The van der Waals surface area contributed by atoms with Crippen molar-refractivity contribution in [1.82, 2.24) is 0 Å². The Morgan fingerprint density at radius 3 is 2.62 bits per heavy atom. The van der Waals surface area contributed by atoms with Crippen LogP contribution in [0.25, 0.3) is 5.57 Å². The van der Waals surface area contributed by atoms with Gasteiger partial charge in [-0.15, -0.1) is 5.92 Å². The largest absolute Gasteiger partial charge is 0.489 e. The Morgan fingerprint density at radius 1 is 1.15 bits per heavy atom. The van der Waals surface area contributed by atoms with Crippen molar-refractivity contribution < 1.29 is 23.7 Å². The van der Waals surface area contributed by atoms with Crippen molar-refractivity contribution in [3.05, 3.63) is 71.3 Å². The predicted molar refractivity (Wildman–Crippen MR) is 131 cm³/mol. The van der Waals surface area contributed by atoms with Crippen LogP contribution in [0.15, 0.2) is 54.6 Å². The summed E-state index contributed by atoms with van der Waals surface area (Å²) < 4.78 is 22.8. The molecule has 1 spiro atoms. The first-order chi connectivity index (χ1) is 16.6. The van der Waals surface area contributed by atoms with Crippen molar-refractivity contribution in [1.29, 1.82) is 0 Å². The maximum Gasteiger partial charge on any atom is 0.307 e. The lowest BCUT2D eigenvalue weighted by atomic mass is 9.89. The van der Waals surface area contributed by atoms with E-state index in [2.05, 4.69) is 42.2 Å². The van der Waals surface area contributed by atoms with E-state index in [0.717, 1.165) is 36.1 Å². The zero-order valence-corrected chi connectivity index (χ0v) is 20.0. The number of rotatable bonds is 8. The third-order valence-corrected chi connectivity index (χ3v) is 6.23. The zero-order chi connectivity index (χ0) is 23.8. The minimum Gasteiger partial charge on any atom is -0.489 e. The monoisotopic (exact) mass is 460 g/mol. The molecule has 0 radical (unpaired) electrons. The van der Waals surface area contributed by atoms with E-state index in [4.69, 9.17) is 18.9 Å². The molecule has 5 nitrogen and oxygen atoms in total. The number of carbonyl (C=O) groups excluding carboxylic acids is 1. The van der Waals surface area contributed by atoms with Crippen LogP contribution in [0.3, 0.4) is 0 Å². The van der Waals surface area contributed by atoms with Crippen molar-refractivity contribution in [3.8, 4) is 17.6 Å². The quantitative estimate of drug-likeness (QED) is 0.377. The molecule has 1 aliphatic carbocycles. The normalized spacial score (nSPS) is 17.4. The molecular formula is C29H32O5. The summed E-state index contributed by atoms with van der Waals surface area (Å²) in [4.78, 5) is 11.9. The van der Waals surface area contributed by atoms with Crippen molar-refractivity contribution in [3.63, 3.8) is 0 Å². The first-order valence-corrected chi connectivity index (χ1v) is 12.0. The Hall–Kier alpha value is -3.07. The molecule has 2 aromatic carbocycles. The van der Waals surface area contributed by atoms with E-state index >= 15 is 0 Å². The fraction of sp³-hybridized carbons (Fsp3) is 0.414. The van der Waals surface area contributed by atoms with Gasteiger partial charge < -0.3 is 18.9 Å². The number of benzene rings is 2. The Morgan fingerprint density at radius 2 is 1.94 bits per heavy atom. The van der Waals surface area contributed by atoms with E-state index in [1.165, 1.54) is 11.1 Å². The lowest BCUT2D eigenvalue weighted by Gasteiger charge is -2.30. The molecule has 1 heterocycles. The summed E-state index contributed by atoms with van der Waals surface area (Å²) in [5.41, 5.74) is 4.66. The highest BCUT2D eigenvalue weighted by atomic mass is 16.7. The molecule has 4 rings (SSSR count). The highest BCUT2D eigenvalue weighted by molar-refractivity contribution is 5.71. The van der Waals surface area contributed by atoms with Crippen LogP contribution < -0.4 is 4.74 Å². The predicted octanol–water partition coefficient (Wildman–Crippen LogP) is 5.64. The molecule has 34 heavy (non-hydrogen) atoms. The van der Waals surface area contributed by atoms with Crippen LogP contribution in [0, 0.1) is 11.8 Å². The van der Waals surface area contributed by atoms with Gasteiger partial charge in [-0.2, -0.15) is 0 Å². The first kappa shape index (κ1) is 24.1. The fourth-order valence-corrected chi connectivity index (χ4v) is 4.47. The van der Waals surface area contributed by atoms with Gasteiger partial charge in [-0.3, -0.25) is 4.79 Å². The summed E-state index contributed by atoms with van der Waals surface area (Å²) >= 11 is 0. The Bertz CT molecular complexity index is 1070. The maximum absolute atomic E-state index is 11.9. The lowest BCUT2D eigenvalue weighted by molar-refractivity contribution is -0.159. The molecule has 0 bridgehead atoms. The Balaban J connectivity index is 1.36. The number of hydrogen-bond acceptors (Lipinski definition) is 5. The van der Waals surface area contributed by atoms with Gasteiger partial charge in [-0.05, 0) is 60.7 Å². The molecule has 0 aromatic heterocycles. The molecule has 0 saturated carbocycles. The van der Waals surface area contributed by atoms with Crippen LogP contribution in [-0.2, 0) is 25.6 Å². The molecule has 1 atom stereocenters. The number of esters is 1. The van der Waals surface area contributed by atoms with E-state index < -0.39 is 5.79 Å². The van der Waals surface area contributed by atoms with Gasteiger partial charge in [0, 0.05) is 12.8 Å². The van der Waals surface area contributed by atoms with Crippen LogP contribution in [0.4, 0.5) is 0 Å². The van der Waals surface area contributed by atoms with Crippen LogP contribution in [-0.4, -0.2) is 31.6 Å². The minimum atomic E-state index is -0.394. The second-order valence-electron chi connectivity index (χ2n) is 8.56. The van der Waals surface area contributed by atoms with Crippen molar-refractivity contribution in [2.75, 3.05) is 19.8 Å². The number of allylic oxidation sites excluding steroid dienone is 1. The molecule has 5 heteroatoms. The minimum absolute atomic E-state index is 0.183. The third-order valence-electron chi connectivity index (χ3n) is 6.23. The number of ether oxygens (including phenoxy) is 4. The highest BCUT2D eigenvalue weighted by Crippen LogP contribution is 2.38. The molecule has 178 valence electrons. The molecule has 2 aromatic rings. The van der Waals surface area contributed by atoms with Crippen LogP contribution in [0.2, 0.25) is 0 Å². The molecule has 2 aliphatic rings. The average molecular weight is 461 g/mol. The smallest absolute Gasteiger partial charge is 0.307 e.